The Kier molecular flexibility index (Phi) is 14.2. The molecule has 0 radical (unpaired) electrons. The van der Waals surface area contributed by atoms with Gasteiger partial charge in [0, 0.05) is 12.8 Å². The van der Waals surface area contributed by atoms with Crippen LogP contribution in [0.2, 0.25) is 0 Å². The van der Waals surface area contributed by atoms with Gasteiger partial charge >= 0.3 is 12.1 Å². The minimum Gasteiger partial charge on any atom is -0.464 e. The van der Waals surface area contributed by atoms with Crippen LogP contribution in [0.5, 0.6) is 11.5 Å². The first kappa shape index (κ1) is 33.9. The Bertz CT molecular complexity index is 1450. The smallest absolute Gasteiger partial charge is 0.408 e. The molecule has 2 amide bonds. The fourth-order valence-corrected chi connectivity index (χ4v) is 4.35. The van der Waals surface area contributed by atoms with Crippen LogP contribution in [0.25, 0.3) is 0 Å². The maximum atomic E-state index is 13.7. The largest absolute Gasteiger partial charge is 0.464 e. The van der Waals surface area contributed by atoms with E-state index in [1.807, 2.05) is 18.2 Å². The minimum atomic E-state index is -1.12. The second-order valence-electron chi connectivity index (χ2n) is 10.1. The van der Waals surface area contributed by atoms with Gasteiger partial charge in [0.1, 0.15) is 30.2 Å². The van der Waals surface area contributed by atoms with Crippen molar-refractivity contribution in [2.45, 2.75) is 64.1 Å². The van der Waals surface area contributed by atoms with E-state index in [1.165, 1.54) is 0 Å². The summed E-state index contributed by atoms with van der Waals surface area (Å²) in [5.41, 5.74) is 2.12. The Morgan fingerprint density at radius 3 is 1.82 bits per heavy atom. The van der Waals surface area contributed by atoms with Crippen LogP contribution in [0.4, 0.5) is 4.79 Å². The van der Waals surface area contributed by atoms with Crippen molar-refractivity contribution in [3.63, 3.8) is 0 Å². The molecule has 0 spiro atoms. The molecule has 0 aliphatic carbocycles. The summed E-state index contributed by atoms with van der Waals surface area (Å²) in [6, 6.07) is 19.9. The van der Waals surface area contributed by atoms with Crippen molar-refractivity contribution in [3.8, 4) is 24.0 Å². The zero-order valence-corrected chi connectivity index (χ0v) is 25.1. The van der Waals surface area contributed by atoms with Crippen molar-refractivity contribution in [2.75, 3.05) is 6.61 Å². The number of nitrogens with one attached hydrogen (secondary N) is 2. The number of nitrogens with zero attached hydrogens (tertiary/aromatic N) is 2. The van der Waals surface area contributed by atoms with Crippen molar-refractivity contribution in [1.82, 2.24) is 10.6 Å². The fraction of sp³-hybridized carbons (Fsp3) is 0.324. The zero-order chi connectivity index (χ0) is 32.3. The average molecular weight is 613 g/mol. The summed E-state index contributed by atoms with van der Waals surface area (Å²) >= 11 is 0. The number of benzene rings is 3. The summed E-state index contributed by atoms with van der Waals surface area (Å²) in [6.45, 7) is 2.30. The highest BCUT2D eigenvalue weighted by Crippen LogP contribution is 2.16. The monoisotopic (exact) mass is 612 g/mol. The number of alkyl carbamates (subject to hydrolysis) is 1. The van der Waals surface area contributed by atoms with Gasteiger partial charge < -0.3 is 29.6 Å². The molecule has 234 valence electrons. The molecule has 0 saturated heterocycles. The molecule has 0 aliphatic heterocycles. The molecular formula is C34H36N4O7. The van der Waals surface area contributed by atoms with Crippen molar-refractivity contribution < 1.29 is 33.3 Å². The van der Waals surface area contributed by atoms with Gasteiger partial charge in [-0.25, -0.2) is 9.59 Å². The summed E-state index contributed by atoms with van der Waals surface area (Å²) in [5, 5.41) is 22.9. The predicted molar refractivity (Wildman–Crippen MR) is 163 cm³/mol. The third-order valence-electron chi connectivity index (χ3n) is 6.72. The SMILES string of the molecule is CCCCCCOC(=O)[C@H](Cc1ccc(OC#N)cc1)NC(=O)[C@H](Cc1ccc(OC#N)cc1)NC(=O)OCc1ccccc1. The van der Waals surface area contributed by atoms with Gasteiger partial charge in [-0.1, -0.05) is 80.8 Å². The first-order valence-electron chi connectivity index (χ1n) is 14.7. The molecule has 11 heteroatoms. The van der Waals surface area contributed by atoms with Crippen molar-refractivity contribution in [3.05, 3.63) is 95.6 Å². The van der Waals surface area contributed by atoms with Crippen LogP contribution in [-0.2, 0) is 38.5 Å². The van der Waals surface area contributed by atoms with Crippen LogP contribution < -0.4 is 20.1 Å². The normalized spacial score (nSPS) is 11.5. The molecule has 3 aromatic rings. The number of ether oxygens (including phenoxy) is 4. The van der Waals surface area contributed by atoms with Crippen LogP contribution in [0.3, 0.4) is 0 Å². The molecule has 0 aromatic heterocycles. The maximum absolute atomic E-state index is 13.7. The zero-order valence-electron chi connectivity index (χ0n) is 25.1. The third-order valence-corrected chi connectivity index (χ3v) is 6.72. The molecule has 2 atom stereocenters. The van der Waals surface area contributed by atoms with E-state index in [0.29, 0.717) is 29.0 Å². The van der Waals surface area contributed by atoms with Crippen LogP contribution in [0.1, 0.15) is 49.3 Å². The topological polar surface area (TPSA) is 160 Å². The fourth-order valence-electron chi connectivity index (χ4n) is 4.35. The van der Waals surface area contributed by atoms with Gasteiger partial charge in [-0.05, 0) is 47.4 Å². The van der Waals surface area contributed by atoms with Gasteiger partial charge in [-0.2, -0.15) is 0 Å². The van der Waals surface area contributed by atoms with Crippen LogP contribution in [0.15, 0.2) is 78.9 Å². The summed E-state index contributed by atoms with van der Waals surface area (Å²) < 4.78 is 20.5. The highest BCUT2D eigenvalue weighted by Gasteiger charge is 2.29. The summed E-state index contributed by atoms with van der Waals surface area (Å²) in [7, 11) is 0. The number of hydrogen-bond donors (Lipinski definition) is 2. The highest BCUT2D eigenvalue weighted by atomic mass is 16.5. The molecule has 45 heavy (non-hydrogen) atoms. The Morgan fingerprint density at radius 2 is 1.27 bits per heavy atom. The molecule has 0 aliphatic rings. The summed E-state index contributed by atoms with van der Waals surface area (Å²) in [4.78, 5) is 39.7. The number of unbranched alkanes of at least 4 members (excludes halogenated alkanes) is 3. The quantitative estimate of drug-likeness (QED) is 0.120. The predicted octanol–water partition coefficient (Wildman–Crippen LogP) is 5.09. The molecule has 0 saturated carbocycles. The lowest BCUT2D eigenvalue weighted by molar-refractivity contribution is -0.148. The molecule has 11 nitrogen and oxygen atoms in total. The molecule has 0 bridgehead atoms. The van der Waals surface area contributed by atoms with E-state index in [-0.39, 0.29) is 26.1 Å². The van der Waals surface area contributed by atoms with E-state index in [2.05, 4.69) is 17.6 Å². The van der Waals surface area contributed by atoms with Crippen LogP contribution in [0, 0.1) is 23.0 Å². The van der Waals surface area contributed by atoms with Gasteiger partial charge in [-0.3, -0.25) is 4.79 Å². The lowest BCUT2D eigenvalue weighted by Gasteiger charge is -2.23. The third kappa shape index (κ3) is 12.3. The molecule has 2 N–H and O–H groups in total. The van der Waals surface area contributed by atoms with Crippen LogP contribution >= 0.6 is 0 Å². The summed E-state index contributed by atoms with van der Waals surface area (Å²) in [6.07, 6.45) is 6.21. The first-order valence-corrected chi connectivity index (χ1v) is 14.7. The van der Waals surface area contributed by atoms with Gasteiger partial charge in [0.2, 0.25) is 5.91 Å². The Morgan fingerprint density at radius 1 is 0.689 bits per heavy atom. The highest BCUT2D eigenvalue weighted by molar-refractivity contribution is 5.90. The number of rotatable bonds is 17. The van der Waals surface area contributed by atoms with Crippen molar-refractivity contribution in [2.24, 2.45) is 0 Å². The lowest BCUT2D eigenvalue weighted by Crippen LogP contribution is -2.53. The van der Waals surface area contributed by atoms with E-state index in [0.717, 1.165) is 24.8 Å². The second-order valence-corrected chi connectivity index (χ2v) is 10.1. The van der Waals surface area contributed by atoms with E-state index < -0.39 is 30.1 Å². The number of nitriles is 2. The number of hydrogen-bond acceptors (Lipinski definition) is 9. The Hall–Kier alpha value is -5.55. The van der Waals surface area contributed by atoms with E-state index in [9.17, 15) is 14.4 Å². The molecule has 0 fully saturated rings. The molecule has 3 aromatic carbocycles. The number of esters is 1. The lowest BCUT2D eigenvalue weighted by atomic mass is 10.0. The van der Waals surface area contributed by atoms with Crippen LogP contribution in [-0.4, -0.2) is 36.7 Å². The van der Waals surface area contributed by atoms with Gasteiger partial charge in [0.05, 0.1) is 6.61 Å². The number of carbonyl (C=O) groups excluding carboxylic acids is 3. The Balaban J connectivity index is 1.77. The van der Waals surface area contributed by atoms with Gasteiger partial charge in [-0.15, -0.1) is 10.5 Å². The van der Waals surface area contributed by atoms with Gasteiger partial charge in [0.25, 0.3) is 12.5 Å². The minimum absolute atomic E-state index is 0.000297. The van der Waals surface area contributed by atoms with Gasteiger partial charge in [0.15, 0.2) is 0 Å². The van der Waals surface area contributed by atoms with E-state index >= 15 is 0 Å². The number of amides is 2. The maximum Gasteiger partial charge on any atom is 0.408 e. The van der Waals surface area contributed by atoms with E-state index in [1.54, 1.807) is 73.2 Å². The Labute approximate surface area is 262 Å². The van der Waals surface area contributed by atoms with Crippen molar-refractivity contribution in [1.29, 1.82) is 10.5 Å². The molecular weight excluding hydrogens is 576 g/mol. The average Bonchev–Trinajstić information content (AvgIpc) is 3.05. The number of carbonyl (C=O) groups is 3. The standard InChI is InChI=1S/C34H36N4O7/c1-2-3-4-8-19-42-33(40)31(21-26-13-17-29(18-14-26)45-24-36)37-32(39)30(20-25-11-15-28(16-12-25)44-23-35)38-34(41)43-22-27-9-6-5-7-10-27/h5-7,9-18,30-31H,2-4,8,19-22H2,1H3,(H,37,39)(H,38,41)/t30-,31-/m0/s1. The van der Waals surface area contributed by atoms with E-state index in [4.69, 9.17) is 29.5 Å². The molecule has 0 heterocycles. The first-order chi connectivity index (χ1) is 21.9. The molecule has 0 unspecified atom stereocenters. The van der Waals surface area contributed by atoms with Crippen molar-refractivity contribution >= 4 is 18.0 Å². The second kappa shape index (κ2) is 18.9. The molecule has 3 rings (SSSR count). The summed E-state index contributed by atoms with van der Waals surface area (Å²) in [5.74, 6) is -0.572.